The van der Waals surface area contributed by atoms with Gasteiger partial charge in [-0.25, -0.2) is 0 Å². The van der Waals surface area contributed by atoms with Gasteiger partial charge in [0.1, 0.15) is 0 Å². The fourth-order valence-corrected chi connectivity index (χ4v) is 5.55. The summed E-state index contributed by atoms with van der Waals surface area (Å²) in [5, 5.41) is 9.98. The van der Waals surface area contributed by atoms with E-state index in [9.17, 15) is 5.26 Å². The second-order valence-electron chi connectivity index (χ2n) is 8.95. The summed E-state index contributed by atoms with van der Waals surface area (Å²) in [6.07, 6.45) is 21.8. The lowest BCUT2D eigenvalue weighted by atomic mass is 9.55. The maximum atomic E-state index is 9.98. The van der Waals surface area contributed by atoms with E-state index in [1.165, 1.54) is 103 Å². The molecule has 0 heterocycles. The van der Waals surface area contributed by atoms with Crippen molar-refractivity contribution in [1.82, 2.24) is 0 Å². The minimum Gasteiger partial charge on any atom is -0.198 e. The Morgan fingerprint density at radius 3 is 2.25 bits per heavy atom. The van der Waals surface area contributed by atoms with Crippen molar-refractivity contribution in [3.63, 3.8) is 0 Å². The lowest BCUT2D eigenvalue weighted by molar-refractivity contribution is 0.0366. The van der Waals surface area contributed by atoms with Crippen LogP contribution in [0.25, 0.3) is 0 Å². The van der Waals surface area contributed by atoms with Gasteiger partial charge in [0.05, 0.1) is 11.5 Å². The highest BCUT2D eigenvalue weighted by Gasteiger charge is 2.47. The summed E-state index contributed by atoms with van der Waals surface area (Å²) in [6.45, 7) is 4.58. The fraction of sp³-hybridized carbons (Fsp3) is 0.957. The van der Waals surface area contributed by atoms with E-state index in [0.29, 0.717) is 0 Å². The van der Waals surface area contributed by atoms with Crippen LogP contribution in [0.4, 0.5) is 0 Å². The molecule has 0 radical (unpaired) electrons. The van der Waals surface area contributed by atoms with Gasteiger partial charge in [-0.05, 0) is 49.9 Å². The molecule has 0 spiro atoms. The first-order chi connectivity index (χ1) is 11.7. The quantitative estimate of drug-likeness (QED) is 0.377. The standard InChI is InChI=1S/C23H41N/c1-3-5-7-8-10-11-20-15-16-23(19-24)18-21(12-9-6-4-2)13-14-22(23)17-20/h20-22H,3-18H2,1-2H3. The van der Waals surface area contributed by atoms with Gasteiger partial charge in [-0.3, -0.25) is 0 Å². The summed E-state index contributed by atoms with van der Waals surface area (Å²) in [7, 11) is 0. The van der Waals surface area contributed by atoms with E-state index < -0.39 is 0 Å². The van der Waals surface area contributed by atoms with Crippen molar-refractivity contribution in [2.24, 2.45) is 23.2 Å². The van der Waals surface area contributed by atoms with Crippen molar-refractivity contribution in [2.45, 2.75) is 117 Å². The van der Waals surface area contributed by atoms with E-state index in [1.807, 2.05) is 0 Å². The fourth-order valence-electron chi connectivity index (χ4n) is 5.55. The first-order valence-electron chi connectivity index (χ1n) is 11.1. The highest BCUT2D eigenvalue weighted by atomic mass is 14.5. The third kappa shape index (κ3) is 5.50. The smallest absolute Gasteiger partial charge is 0.0692 e. The molecule has 1 heteroatoms. The van der Waals surface area contributed by atoms with Crippen LogP contribution in [0.15, 0.2) is 0 Å². The van der Waals surface area contributed by atoms with Gasteiger partial charge in [0.2, 0.25) is 0 Å². The normalized spacial score (nSPS) is 33.0. The summed E-state index contributed by atoms with van der Waals surface area (Å²) in [4.78, 5) is 0. The average molecular weight is 332 g/mol. The molecule has 4 unspecified atom stereocenters. The topological polar surface area (TPSA) is 23.8 Å². The maximum absolute atomic E-state index is 9.98. The zero-order chi connectivity index (χ0) is 17.3. The van der Waals surface area contributed by atoms with Gasteiger partial charge < -0.3 is 0 Å². The second kappa shape index (κ2) is 10.5. The zero-order valence-corrected chi connectivity index (χ0v) is 16.5. The summed E-state index contributed by atoms with van der Waals surface area (Å²) in [6, 6.07) is 2.84. The maximum Gasteiger partial charge on any atom is 0.0692 e. The summed E-state index contributed by atoms with van der Waals surface area (Å²) >= 11 is 0. The van der Waals surface area contributed by atoms with E-state index in [2.05, 4.69) is 19.9 Å². The molecule has 2 fully saturated rings. The number of nitrogens with zero attached hydrogens (tertiary/aromatic N) is 1. The van der Waals surface area contributed by atoms with Crippen LogP contribution < -0.4 is 0 Å². The van der Waals surface area contributed by atoms with Crippen LogP contribution >= 0.6 is 0 Å². The summed E-state index contributed by atoms with van der Waals surface area (Å²) in [5.41, 5.74) is 0.0633. The molecule has 2 rings (SSSR count). The Hall–Kier alpha value is -0.510. The van der Waals surface area contributed by atoms with Crippen molar-refractivity contribution in [3.05, 3.63) is 0 Å². The van der Waals surface area contributed by atoms with Crippen LogP contribution in [0, 0.1) is 34.5 Å². The minimum absolute atomic E-state index is 0.0633. The van der Waals surface area contributed by atoms with Crippen molar-refractivity contribution in [1.29, 1.82) is 5.26 Å². The highest BCUT2D eigenvalue weighted by molar-refractivity contribution is 5.08. The Morgan fingerprint density at radius 2 is 1.50 bits per heavy atom. The van der Waals surface area contributed by atoms with Crippen molar-refractivity contribution in [3.8, 4) is 6.07 Å². The van der Waals surface area contributed by atoms with Crippen LogP contribution in [0.5, 0.6) is 0 Å². The number of unbranched alkanes of at least 4 members (excludes halogenated alkanes) is 6. The molecule has 0 saturated heterocycles. The second-order valence-corrected chi connectivity index (χ2v) is 8.95. The Bertz CT molecular complexity index is 382. The molecule has 0 aromatic carbocycles. The number of hydrogen-bond donors (Lipinski definition) is 0. The molecule has 24 heavy (non-hydrogen) atoms. The van der Waals surface area contributed by atoms with E-state index in [-0.39, 0.29) is 5.41 Å². The third-order valence-electron chi connectivity index (χ3n) is 7.13. The monoisotopic (exact) mass is 331 g/mol. The van der Waals surface area contributed by atoms with E-state index in [0.717, 1.165) is 17.8 Å². The zero-order valence-electron chi connectivity index (χ0n) is 16.5. The Labute approximate surface area is 151 Å². The molecule has 2 aliphatic rings. The SMILES string of the molecule is CCCCCCCC1CCC2(C#N)CC(CCCCC)CCC2C1. The number of fused-ring (bicyclic) bond motifs is 1. The summed E-state index contributed by atoms with van der Waals surface area (Å²) < 4.78 is 0. The molecule has 0 bridgehead atoms. The molecule has 4 atom stereocenters. The third-order valence-corrected chi connectivity index (χ3v) is 7.13. The van der Waals surface area contributed by atoms with Crippen molar-refractivity contribution in [2.75, 3.05) is 0 Å². The van der Waals surface area contributed by atoms with E-state index >= 15 is 0 Å². The Balaban J connectivity index is 1.77. The largest absolute Gasteiger partial charge is 0.198 e. The molecular weight excluding hydrogens is 290 g/mol. The van der Waals surface area contributed by atoms with Crippen molar-refractivity contribution >= 4 is 0 Å². The first-order valence-corrected chi connectivity index (χ1v) is 11.1. The minimum atomic E-state index is 0.0633. The predicted octanol–water partition coefficient (Wildman–Crippen LogP) is 7.65. The molecule has 0 amide bonds. The van der Waals surface area contributed by atoms with Crippen LogP contribution in [0.3, 0.4) is 0 Å². The first kappa shape index (κ1) is 19.8. The van der Waals surface area contributed by atoms with E-state index in [4.69, 9.17) is 0 Å². The molecule has 2 saturated carbocycles. The van der Waals surface area contributed by atoms with E-state index in [1.54, 1.807) is 0 Å². The van der Waals surface area contributed by atoms with Crippen LogP contribution in [-0.2, 0) is 0 Å². The van der Waals surface area contributed by atoms with Gasteiger partial charge in [0.25, 0.3) is 0 Å². The van der Waals surface area contributed by atoms with Crippen LogP contribution in [-0.4, -0.2) is 0 Å². The highest BCUT2D eigenvalue weighted by Crippen LogP contribution is 2.54. The molecule has 138 valence electrons. The lowest BCUT2D eigenvalue weighted by Crippen LogP contribution is -2.40. The Kier molecular flexibility index (Phi) is 8.65. The Morgan fingerprint density at radius 1 is 0.833 bits per heavy atom. The predicted molar refractivity (Wildman–Crippen MR) is 104 cm³/mol. The van der Waals surface area contributed by atoms with Gasteiger partial charge >= 0.3 is 0 Å². The van der Waals surface area contributed by atoms with Gasteiger partial charge in [-0.15, -0.1) is 0 Å². The molecule has 0 N–H and O–H groups in total. The van der Waals surface area contributed by atoms with Gasteiger partial charge in [0, 0.05) is 0 Å². The van der Waals surface area contributed by atoms with Crippen molar-refractivity contribution < 1.29 is 0 Å². The molecule has 1 nitrogen and oxygen atoms in total. The molecular formula is C23H41N. The van der Waals surface area contributed by atoms with Crippen LogP contribution in [0.2, 0.25) is 0 Å². The van der Waals surface area contributed by atoms with Gasteiger partial charge in [0.15, 0.2) is 0 Å². The van der Waals surface area contributed by atoms with Crippen LogP contribution in [0.1, 0.15) is 117 Å². The molecule has 0 aromatic heterocycles. The molecule has 0 aliphatic heterocycles. The number of rotatable bonds is 10. The summed E-state index contributed by atoms with van der Waals surface area (Å²) in [5.74, 6) is 2.49. The average Bonchev–Trinajstić information content (AvgIpc) is 2.61. The molecule has 2 aliphatic carbocycles. The number of hydrogen-bond acceptors (Lipinski definition) is 1. The molecule has 0 aromatic rings. The lowest BCUT2D eigenvalue weighted by Gasteiger charge is -2.48. The van der Waals surface area contributed by atoms with Gasteiger partial charge in [-0.2, -0.15) is 5.26 Å². The number of nitriles is 1. The van der Waals surface area contributed by atoms with Gasteiger partial charge in [-0.1, -0.05) is 84.5 Å².